The fourth-order valence-corrected chi connectivity index (χ4v) is 2.50. The molecule has 2 aromatic rings. The lowest BCUT2D eigenvalue weighted by molar-refractivity contribution is 1.42. The molecule has 0 amide bonds. The summed E-state index contributed by atoms with van der Waals surface area (Å²) in [6.45, 7) is 2.03. The first-order valence-corrected chi connectivity index (χ1v) is 6.61. The van der Waals surface area contributed by atoms with Crippen molar-refractivity contribution >= 4 is 51.3 Å². The monoisotopic (exact) mass is 358 g/mol. The second kappa shape index (κ2) is 5.14. The summed E-state index contributed by atoms with van der Waals surface area (Å²) in [6.07, 6.45) is 0. The molecule has 3 N–H and O–H groups in total. The van der Waals surface area contributed by atoms with Crippen LogP contribution in [-0.2, 0) is 0 Å². The Morgan fingerprint density at radius 1 is 1.24 bits per heavy atom. The van der Waals surface area contributed by atoms with Crippen LogP contribution in [0.4, 0.5) is 17.1 Å². The third-order valence-corrected chi connectivity index (χ3v) is 3.68. The van der Waals surface area contributed by atoms with Crippen molar-refractivity contribution in [2.75, 3.05) is 11.1 Å². The van der Waals surface area contributed by atoms with E-state index in [0.717, 1.165) is 31.2 Å². The van der Waals surface area contributed by atoms with Gasteiger partial charge in [0.05, 0.1) is 16.4 Å². The number of halogens is 2. The van der Waals surface area contributed by atoms with E-state index in [1.165, 1.54) is 0 Å². The number of nitrogens with two attached hydrogens (primary N) is 1. The maximum Gasteiger partial charge on any atom is 0.0643 e. The molecule has 0 radical (unpaired) electrons. The van der Waals surface area contributed by atoms with E-state index < -0.39 is 0 Å². The Kier molecular flexibility index (Phi) is 3.79. The van der Waals surface area contributed by atoms with Gasteiger partial charge in [-0.1, -0.05) is 23.7 Å². The molecule has 2 nitrogen and oxygen atoms in total. The van der Waals surface area contributed by atoms with E-state index in [1.54, 1.807) is 0 Å². The molecular weight excluding hydrogens is 347 g/mol. The lowest BCUT2D eigenvalue weighted by atomic mass is 10.2. The van der Waals surface area contributed by atoms with E-state index in [1.807, 2.05) is 43.3 Å². The van der Waals surface area contributed by atoms with Crippen molar-refractivity contribution < 1.29 is 0 Å². The number of para-hydroxylation sites is 1. The molecule has 0 spiro atoms. The number of nitrogens with one attached hydrogen (secondary N) is 1. The molecule has 0 atom stereocenters. The van der Waals surface area contributed by atoms with Crippen molar-refractivity contribution in [2.24, 2.45) is 0 Å². The number of benzene rings is 2. The van der Waals surface area contributed by atoms with E-state index in [9.17, 15) is 0 Å². The van der Waals surface area contributed by atoms with Gasteiger partial charge in [0.2, 0.25) is 0 Å². The van der Waals surface area contributed by atoms with E-state index in [-0.39, 0.29) is 0 Å². The van der Waals surface area contributed by atoms with Crippen molar-refractivity contribution in [3.05, 3.63) is 50.6 Å². The molecule has 0 fully saturated rings. The van der Waals surface area contributed by atoms with Gasteiger partial charge in [0.1, 0.15) is 0 Å². The van der Waals surface area contributed by atoms with Gasteiger partial charge in [-0.25, -0.2) is 0 Å². The van der Waals surface area contributed by atoms with Crippen LogP contribution >= 0.6 is 34.2 Å². The lowest BCUT2D eigenvalue weighted by Gasteiger charge is -2.13. The van der Waals surface area contributed by atoms with Crippen LogP contribution in [0.25, 0.3) is 0 Å². The van der Waals surface area contributed by atoms with Crippen LogP contribution in [0.3, 0.4) is 0 Å². The van der Waals surface area contributed by atoms with Crippen LogP contribution in [-0.4, -0.2) is 0 Å². The number of hydrogen-bond donors (Lipinski definition) is 2. The Labute approximate surface area is 119 Å². The molecule has 0 heterocycles. The van der Waals surface area contributed by atoms with Crippen molar-refractivity contribution in [3.8, 4) is 0 Å². The fraction of sp³-hybridized carbons (Fsp3) is 0.0769. The highest BCUT2D eigenvalue weighted by Crippen LogP contribution is 2.31. The molecule has 88 valence electrons. The Hall–Kier alpha value is -0.940. The second-order valence-corrected chi connectivity index (χ2v) is 5.37. The zero-order valence-electron chi connectivity index (χ0n) is 9.30. The van der Waals surface area contributed by atoms with Gasteiger partial charge >= 0.3 is 0 Å². The molecule has 4 heteroatoms. The predicted octanol–water partition coefficient (Wildman–Crippen LogP) is 4.58. The molecule has 0 saturated heterocycles. The first-order chi connectivity index (χ1) is 8.08. The van der Waals surface area contributed by atoms with Gasteiger partial charge in [-0.2, -0.15) is 0 Å². The maximum atomic E-state index is 6.17. The van der Waals surface area contributed by atoms with Crippen LogP contribution in [0.1, 0.15) is 5.56 Å². The summed E-state index contributed by atoms with van der Waals surface area (Å²) < 4.78 is 1.07. The summed E-state index contributed by atoms with van der Waals surface area (Å²) in [6, 6.07) is 11.6. The van der Waals surface area contributed by atoms with E-state index in [4.69, 9.17) is 17.3 Å². The minimum atomic E-state index is 0.720. The van der Waals surface area contributed by atoms with Crippen molar-refractivity contribution in [3.63, 3.8) is 0 Å². The highest BCUT2D eigenvalue weighted by Gasteiger charge is 2.06. The number of anilines is 3. The van der Waals surface area contributed by atoms with Crippen molar-refractivity contribution in [2.45, 2.75) is 6.92 Å². The molecule has 0 unspecified atom stereocenters. The summed E-state index contributed by atoms with van der Waals surface area (Å²) >= 11 is 8.42. The number of hydrogen-bond acceptors (Lipinski definition) is 2. The summed E-state index contributed by atoms with van der Waals surface area (Å²) in [7, 11) is 0. The van der Waals surface area contributed by atoms with Gasteiger partial charge in [-0.15, -0.1) is 0 Å². The van der Waals surface area contributed by atoms with E-state index in [0.29, 0.717) is 0 Å². The van der Waals surface area contributed by atoms with Gasteiger partial charge in [0.15, 0.2) is 0 Å². The van der Waals surface area contributed by atoms with Crippen molar-refractivity contribution in [1.82, 2.24) is 0 Å². The van der Waals surface area contributed by atoms with Gasteiger partial charge in [-0.3, -0.25) is 0 Å². The zero-order chi connectivity index (χ0) is 12.4. The van der Waals surface area contributed by atoms with E-state index in [2.05, 4.69) is 27.9 Å². The largest absolute Gasteiger partial charge is 0.399 e. The number of aryl methyl sites for hydroxylation is 1. The van der Waals surface area contributed by atoms with Crippen LogP contribution in [0.15, 0.2) is 36.4 Å². The first-order valence-electron chi connectivity index (χ1n) is 5.15. The van der Waals surface area contributed by atoms with Crippen molar-refractivity contribution in [1.29, 1.82) is 0 Å². The summed E-state index contributed by atoms with van der Waals surface area (Å²) in [5, 5.41) is 4.06. The summed E-state index contributed by atoms with van der Waals surface area (Å²) in [5.41, 5.74) is 9.55. The van der Waals surface area contributed by atoms with E-state index >= 15 is 0 Å². The summed E-state index contributed by atoms with van der Waals surface area (Å²) in [4.78, 5) is 0. The minimum absolute atomic E-state index is 0.720. The Morgan fingerprint density at radius 3 is 2.65 bits per heavy atom. The molecule has 0 aliphatic rings. The smallest absolute Gasteiger partial charge is 0.0643 e. The first kappa shape index (κ1) is 12.5. The number of nitrogen functional groups attached to an aromatic ring is 1. The normalized spacial score (nSPS) is 10.3. The minimum Gasteiger partial charge on any atom is -0.399 e. The Balaban J connectivity index is 2.38. The third-order valence-electron chi connectivity index (χ3n) is 2.47. The molecule has 0 aliphatic heterocycles. The molecule has 0 bridgehead atoms. The van der Waals surface area contributed by atoms with Crippen LogP contribution < -0.4 is 11.1 Å². The van der Waals surface area contributed by atoms with Gasteiger partial charge < -0.3 is 11.1 Å². The molecular formula is C13H12ClIN2. The van der Waals surface area contributed by atoms with Gasteiger partial charge in [-0.05, 0) is 59.3 Å². The molecule has 2 aromatic carbocycles. The van der Waals surface area contributed by atoms with Crippen LogP contribution in [0.2, 0.25) is 5.02 Å². The quantitative estimate of drug-likeness (QED) is 0.609. The van der Waals surface area contributed by atoms with Gasteiger partial charge in [0.25, 0.3) is 0 Å². The standard InChI is InChI=1S/C13H12ClIN2/c1-8-3-2-4-10(14)13(8)17-12-6-5-9(16)7-11(12)15/h2-7,17H,16H2,1H3. The third kappa shape index (κ3) is 2.84. The lowest BCUT2D eigenvalue weighted by Crippen LogP contribution is -1.97. The Bertz CT molecular complexity index is 535. The summed E-state index contributed by atoms with van der Waals surface area (Å²) in [5.74, 6) is 0. The zero-order valence-corrected chi connectivity index (χ0v) is 12.2. The van der Waals surface area contributed by atoms with Crippen LogP contribution in [0, 0.1) is 10.5 Å². The van der Waals surface area contributed by atoms with Crippen LogP contribution in [0.5, 0.6) is 0 Å². The Morgan fingerprint density at radius 2 is 2.00 bits per heavy atom. The number of rotatable bonds is 2. The fourth-order valence-electron chi connectivity index (χ4n) is 1.56. The highest BCUT2D eigenvalue weighted by atomic mass is 127. The topological polar surface area (TPSA) is 38.0 Å². The average Bonchev–Trinajstić information content (AvgIpc) is 2.26. The predicted molar refractivity (Wildman–Crippen MR) is 83.0 cm³/mol. The molecule has 17 heavy (non-hydrogen) atoms. The average molecular weight is 359 g/mol. The van der Waals surface area contributed by atoms with Gasteiger partial charge in [0, 0.05) is 9.26 Å². The maximum absolute atomic E-state index is 6.17. The molecule has 0 aromatic heterocycles. The molecule has 0 aliphatic carbocycles. The molecule has 2 rings (SSSR count). The second-order valence-electron chi connectivity index (χ2n) is 3.80. The highest BCUT2D eigenvalue weighted by molar-refractivity contribution is 14.1. The SMILES string of the molecule is Cc1cccc(Cl)c1Nc1ccc(N)cc1I. The molecule has 0 saturated carbocycles.